The van der Waals surface area contributed by atoms with E-state index in [1.807, 2.05) is 19.1 Å². The minimum absolute atomic E-state index is 0.0115. The molecule has 1 aromatic heterocycles. The lowest BCUT2D eigenvalue weighted by Crippen LogP contribution is -2.47. The Hall–Kier alpha value is -1.86. The molecule has 132 valence electrons. The van der Waals surface area contributed by atoms with E-state index in [1.54, 1.807) is 4.90 Å². The van der Waals surface area contributed by atoms with Crippen molar-refractivity contribution in [2.45, 2.75) is 32.4 Å². The van der Waals surface area contributed by atoms with Crippen LogP contribution in [0.2, 0.25) is 0 Å². The summed E-state index contributed by atoms with van der Waals surface area (Å²) in [6.45, 7) is 6.94. The van der Waals surface area contributed by atoms with Crippen molar-refractivity contribution in [3.63, 3.8) is 0 Å². The van der Waals surface area contributed by atoms with Crippen LogP contribution >= 0.6 is 0 Å². The Morgan fingerprint density at radius 3 is 2.83 bits per heavy atom. The zero-order valence-corrected chi connectivity index (χ0v) is 14.1. The molecule has 0 radical (unpaired) electrons. The number of rotatable bonds is 6. The van der Waals surface area contributed by atoms with Crippen molar-refractivity contribution in [2.75, 3.05) is 39.4 Å². The Kier molecular flexibility index (Phi) is 5.52. The first-order chi connectivity index (χ1) is 11.6. The van der Waals surface area contributed by atoms with E-state index >= 15 is 0 Å². The molecule has 0 aliphatic carbocycles. The van der Waals surface area contributed by atoms with Gasteiger partial charge in [0, 0.05) is 32.6 Å². The van der Waals surface area contributed by atoms with Crippen LogP contribution in [0.15, 0.2) is 16.5 Å². The summed E-state index contributed by atoms with van der Waals surface area (Å²) < 4.78 is 10.8. The predicted octanol–water partition coefficient (Wildman–Crippen LogP) is 0.527. The Balaban J connectivity index is 1.49. The number of furan rings is 1. The van der Waals surface area contributed by atoms with Gasteiger partial charge in [0.2, 0.25) is 11.8 Å². The number of morpholine rings is 1. The number of nitrogens with zero attached hydrogens (tertiary/aromatic N) is 2. The average molecular weight is 335 g/mol. The molecule has 3 rings (SSSR count). The summed E-state index contributed by atoms with van der Waals surface area (Å²) in [5.41, 5.74) is 0. The fourth-order valence-corrected chi connectivity index (χ4v) is 3.22. The Morgan fingerprint density at radius 2 is 2.12 bits per heavy atom. The van der Waals surface area contributed by atoms with Crippen LogP contribution in [0.4, 0.5) is 0 Å². The lowest BCUT2D eigenvalue weighted by Gasteiger charge is -2.27. The van der Waals surface area contributed by atoms with Crippen LogP contribution < -0.4 is 5.32 Å². The van der Waals surface area contributed by atoms with Gasteiger partial charge in [-0.25, -0.2) is 0 Å². The van der Waals surface area contributed by atoms with Crippen LogP contribution in [0.1, 0.15) is 24.4 Å². The molecule has 0 spiro atoms. The lowest BCUT2D eigenvalue weighted by atomic mass is 10.2. The zero-order valence-electron chi connectivity index (χ0n) is 14.1. The van der Waals surface area contributed by atoms with E-state index in [1.165, 1.54) is 0 Å². The Bertz CT molecular complexity index is 580. The molecule has 3 heterocycles. The number of hydrogen-bond donors (Lipinski definition) is 1. The monoisotopic (exact) mass is 335 g/mol. The molecular weight excluding hydrogens is 310 g/mol. The molecule has 2 amide bonds. The van der Waals surface area contributed by atoms with Crippen LogP contribution in [0.3, 0.4) is 0 Å². The fourth-order valence-electron chi connectivity index (χ4n) is 3.22. The maximum Gasteiger partial charge on any atom is 0.242 e. The van der Waals surface area contributed by atoms with Gasteiger partial charge >= 0.3 is 0 Å². The van der Waals surface area contributed by atoms with Crippen molar-refractivity contribution >= 4 is 11.8 Å². The summed E-state index contributed by atoms with van der Waals surface area (Å²) in [7, 11) is 0. The highest BCUT2D eigenvalue weighted by Crippen LogP contribution is 2.22. The first kappa shape index (κ1) is 17.0. The normalized spacial score (nSPS) is 22.1. The van der Waals surface area contributed by atoms with E-state index in [9.17, 15) is 9.59 Å². The van der Waals surface area contributed by atoms with E-state index in [-0.39, 0.29) is 11.8 Å². The van der Waals surface area contributed by atoms with Crippen molar-refractivity contribution in [1.82, 2.24) is 15.1 Å². The first-order valence-corrected chi connectivity index (χ1v) is 8.56. The maximum atomic E-state index is 12.5. The second kappa shape index (κ2) is 7.81. The second-order valence-corrected chi connectivity index (χ2v) is 6.33. The Morgan fingerprint density at radius 1 is 1.33 bits per heavy atom. The van der Waals surface area contributed by atoms with Crippen LogP contribution in [0, 0.1) is 6.92 Å². The molecule has 1 aromatic rings. The highest BCUT2D eigenvalue weighted by molar-refractivity contribution is 5.90. The van der Waals surface area contributed by atoms with Gasteiger partial charge in [-0.1, -0.05) is 0 Å². The van der Waals surface area contributed by atoms with Gasteiger partial charge < -0.3 is 19.4 Å². The maximum absolute atomic E-state index is 12.5. The highest BCUT2D eigenvalue weighted by atomic mass is 16.5. The molecule has 1 atom stereocenters. The Labute approximate surface area is 141 Å². The number of nitrogens with one attached hydrogen (secondary N) is 1. The molecule has 1 unspecified atom stereocenters. The second-order valence-electron chi connectivity index (χ2n) is 6.33. The van der Waals surface area contributed by atoms with Crippen LogP contribution in [0.25, 0.3) is 0 Å². The summed E-state index contributed by atoms with van der Waals surface area (Å²) in [5, 5.41) is 2.97. The molecule has 7 heteroatoms. The molecule has 24 heavy (non-hydrogen) atoms. The largest absolute Gasteiger partial charge is 0.464 e. The third kappa shape index (κ3) is 4.15. The quantitative estimate of drug-likeness (QED) is 0.821. The van der Waals surface area contributed by atoms with Gasteiger partial charge in [0.25, 0.3) is 0 Å². The lowest BCUT2D eigenvalue weighted by molar-refractivity contribution is -0.136. The molecule has 2 aliphatic heterocycles. The number of carbonyl (C=O) groups is 2. The van der Waals surface area contributed by atoms with Crippen LogP contribution in [-0.4, -0.2) is 67.0 Å². The van der Waals surface area contributed by atoms with Gasteiger partial charge in [0.05, 0.1) is 19.8 Å². The molecule has 7 nitrogen and oxygen atoms in total. The predicted molar refractivity (Wildman–Crippen MR) is 87.3 cm³/mol. The first-order valence-electron chi connectivity index (χ1n) is 8.56. The number of ether oxygens (including phenoxy) is 1. The van der Waals surface area contributed by atoms with Gasteiger partial charge in [-0.3, -0.25) is 14.5 Å². The van der Waals surface area contributed by atoms with E-state index in [2.05, 4.69) is 10.2 Å². The van der Waals surface area contributed by atoms with Crippen molar-refractivity contribution in [1.29, 1.82) is 0 Å². The molecule has 2 aliphatic rings. The average Bonchev–Trinajstić information content (AvgIpc) is 3.15. The molecule has 2 fully saturated rings. The van der Waals surface area contributed by atoms with Crippen LogP contribution in [-0.2, 0) is 20.9 Å². The minimum atomic E-state index is -0.396. The standard InChI is InChI=1S/C17H25N3O4/c1-13-2-3-14(24-13)12-20-15(4-5-16(20)21)17(22)18-6-7-19-8-10-23-11-9-19/h2-3,15H,4-12H2,1H3,(H,18,22). The summed E-state index contributed by atoms with van der Waals surface area (Å²) in [4.78, 5) is 28.5. The third-order valence-electron chi connectivity index (χ3n) is 4.58. The van der Waals surface area contributed by atoms with Gasteiger partial charge in [-0.15, -0.1) is 0 Å². The molecule has 1 N–H and O–H groups in total. The van der Waals surface area contributed by atoms with E-state index in [4.69, 9.17) is 9.15 Å². The summed E-state index contributed by atoms with van der Waals surface area (Å²) in [5.74, 6) is 1.46. The number of amides is 2. The number of aryl methyl sites for hydroxylation is 1. The molecule has 0 saturated carbocycles. The molecule has 2 saturated heterocycles. The number of likely N-dealkylation sites (tertiary alicyclic amines) is 1. The van der Waals surface area contributed by atoms with Gasteiger partial charge in [0.15, 0.2) is 0 Å². The number of hydrogen-bond acceptors (Lipinski definition) is 5. The summed E-state index contributed by atoms with van der Waals surface area (Å²) in [6.07, 6.45) is 0.989. The van der Waals surface area contributed by atoms with Crippen molar-refractivity contribution < 1.29 is 18.7 Å². The SMILES string of the molecule is Cc1ccc(CN2C(=O)CCC2C(=O)NCCN2CCOCC2)o1. The highest BCUT2D eigenvalue weighted by Gasteiger charge is 2.36. The van der Waals surface area contributed by atoms with Gasteiger partial charge in [-0.05, 0) is 25.5 Å². The number of carbonyl (C=O) groups excluding carboxylic acids is 2. The van der Waals surface area contributed by atoms with Crippen molar-refractivity contribution in [3.8, 4) is 0 Å². The smallest absolute Gasteiger partial charge is 0.242 e. The van der Waals surface area contributed by atoms with E-state index < -0.39 is 6.04 Å². The minimum Gasteiger partial charge on any atom is -0.464 e. The van der Waals surface area contributed by atoms with Crippen LogP contribution in [0.5, 0.6) is 0 Å². The van der Waals surface area contributed by atoms with Gasteiger partial charge in [-0.2, -0.15) is 0 Å². The zero-order chi connectivity index (χ0) is 16.9. The van der Waals surface area contributed by atoms with Crippen molar-refractivity contribution in [3.05, 3.63) is 23.7 Å². The topological polar surface area (TPSA) is 75.0 Å². The van der Waals surface area contributed by atoms with E-state index in [0.29, 0.717) is 31.7 Å². The fraction of sp³-hybridized carbons (Fsp3) is 0.647. The van der Waals surface area contributed by atoms with Gasteiger partial charge in [0.1, 0.15) is 17.6 Å². The van der Waals surface area contributed by atoms with Crippen molar-refractivity contribution in [2.24, 2.45) is 0 Å². The molecule has 0 bridgehead atoms. The third-order valence-corrected chi connectivity index (χ3v) is 4.58. The van der Waals surface area contributed by atoms with E-state index in [0.717, 1.165) is 38.6 Å². The molecular formula is C17H25N3O4. The summed E-state index contributed by atoms with van der Waals surface area (Å²) >= 11 is 0. The molecule has 0 aromatic carbocycles. The summed E-state index contributed by atoms with van der Waals surface area (Å²) in [6, 6.07) is 3.33.